The number of rotatable bonds is 3. The van der Waals surface area contributed by atoms with E-state index in [0.717, 1.165) is 12.1 Å². The second-order valence-electron chi connectivity index (χ2n) is 2.92. The summed E-state index contributed by atoms with van der Waals surface area (Å²) >= 11 is 5.67. The van der Waals surface area contributed by atoms with E-state index in [9.17, 15) is 14.9 Å². The van der Waals surface area contributed by atoms with E-state index in [4.69, 9.17) is 23.1 Å². The first kappa shape index (κ1) is 12.0. The Kier molecular flexibility index (Phi) is 3.47. The average Bonchev–Trinajstić information content (AvgIpc) is 2.18. The first-order chi connectivity index (χ1) is 7.41. The number of primary amides is 1. The van der Waals surface area contributed by atoms with Gasteiger partial charge in [0.1, 0.15) is 5.69 Å². The minimum absolute atomic E-state index is 0.0631. The van der Waals surface area contributed by atoms with Gasteiger partial charge in [-0.2, -0.15) is 0 Å². The number of nitro benzene ring substituents is 1. The van der Waals surface area contributed by atoms with E-state index < -0.39 is 10.8 Å². The second kappa shape index (κ2) is 4.63. The first-order valence-electron chi connectivity index (χ1n) is 4.12. The lowest BCUT2D eigenvalue weighted by Gasteiger charge is -2.02. The molecule has 6 nitrogen and oxygen atoms in total. The molecule has 0 aliphatic heterocycles. The fourth-order valence-electron chi connectivity index (χ4n) is 1.09. The molecule has 84 valence electrons. The molecule has 7 heteroatoms. The number of nitrogen functional groups attached to an aromatic ring is 1. The van der Waals surface area contributed by atoms with Crippen LogP contribution in [-0.2, 0) is 4.79 Å². The van der Waals surface area contributed by atoms with Gasteiger partial charge in [0.05, 0.1) is 4.92 Å². The molecule has 16 heavy (non-hydrogen) atoms. The Balaban J connectivity index is 3.29. The molecule has 0 radical (unpaired) electrons. The number of carbonyl (C=O) groups is 1. The van der Waals surface area contributed by atoms with Crippen molar-refractivity contribution in [2.45, 2.75) is 0 Å². The molecule has 1 aromatic rings. The number of anilines is 1. The van der Waals surface area contributed by atoms with Crippen LogP contribution in [0.3, 0.4) is 0 Å². The third kappa shape index (κ3) is 2.71. The van der Waals surface area contributed by atoms with Crippen LogP contribution in [0.2, 0.25) is 5.02 Å². The molecule has 0 fully saturated rings. The fourth-order valence-corrected chi connectivity index (χ4v) is 1.31. The highest BCUT2D eigenvalue weighted by Gasteiger charge is 2.15. The predicted octanol–water partition coefficient (Wildman–Crippen LogP) is 1.33. The number of benzene rings is 1. The maximum atomic E-state index is 10.6. The SMILES string of the molecule is NC(=O)C=Cc1cc(Cl)cc([N+](=O)[O-])c1N. The van der Waals surface area contributed by atoms with Crippen LogP contribution < -0.4 is 11.5 Å². The summed E-state index contributed by atoms with van der Waals surface area (Å²) in [5.74, 6) is -0.679. The van der Waals surface area contributed by atoms with Gasteiger partial charge in [0, 0.05) is 22.7 Å². The van der Waals surface area contributed by atoms with E-state index in [1.807, 2.05) is 0 Å². The van der Waals surface area contributed by atoms with Crippen molar-refractivity contribution in [1.82, 2.24) is 0 Å². The van der Waals surface area contributed by atoms with Crippen LogP contribution >= 0.6 is 11.6 Å². The summed E-state index contributed by atoms with van der Waals surface area (Å²) in [4.78, 5) is 20.5. The van der Waals surface area contributed by atoms with Crippen LogP contribution in [0.5, 0.6) is 0 Å². The highest BCUT2D eigenvalue weighted by molar-refractivity contribution is 6.31. The fraction of sp³-hybridized carbons (Fsp3) is 0. The van der Waals surface area contributed by atoms with E-state index >= 15 is 0 Å². The van der Waals surface area contributed by atoms with Crippen molar-refractivity contribution in [3.8, 4) is 0 Å². The highest BCUT2D eigenvalue weighted by atomic mass is 35.5. The molecular weight excluding hydrogens is 234 g/mol. The maximum absolute atomic E-state index is 10.6. The van der Waals surface area contributed by atoms with E-state index in [1.165, 1.54) is 12.1 Å². The van der Waals surface area contributed by atoms with Gasteiger partial charge in [-0.25, -0.2) is 0 Å². The molecule has 1 rings (SSSR count). The van der Waals surface area contributed by atoms with Crippen molar-refractivity contribution in [2.75, 3.05) is 5.73 Å². The topological polar surface area (TPSA) is 112 Å². The Hall–Kier alpha value is -2.08. The van der Waals surface area contributed by atoms with Crippen LogP contribution in [0.1, 0.15) is 5.56 Å². The van der Waals surface area contributed by atoms with Crippen molar-refractivity contribution in [3.63, 3.8) is 0 Å². The molecule has 0 unspecified atom stereocenters. The maximum Gasteiger partial charge on any atom is 0.294 e. The Morgan fingerprint density at radius 1 is 1.50 bits per heavy atom. The Morgan fingerprint density at radius 3 is 2.62 bits per heavy atom. The highest BCUT2D eigenvalue weighted by Crippen LogP contribution is 2.30. The van der Waals surface area contributed by atoms with Gasteiger partial charge in [-0.15, -0.1) is 0 Å². The molecule has 0 atom stereocenters. The van der Waals surface area contributed by atoms with E-state index in [1.54, 1.807) is 0 Å². The lowest BCUT2D eigenvalue weighted by molar-refractivity contribution is -0.383. The van der Waals surface area contributed by atoms with Crippen molar-refractivity contribution >= 4 is 35.0 Å². The zero-order valence-corrected chi connectivity index (χ0v) is 8.77. The number of amides is 1. The molecule has 0 heterocycles. The largest absolute Gasteiger partial charge is 0.393 e. The number of nitrogens with zero attached hydrogens (tertiary/aromatic N) is 1. The molecule has 0 spiro atoms. The van der Waals surface area contributed by atoms with E-state index in [0.29, 0.717) is 0 Å². The number of hydrogen-bond acceptors (Lipinski definition) is 4. The summed E-state index contributed by atoms with van der Waals surface area (Å²) in [6.45, 7) is 0. The van der Waals surface area contributed by atoms with Gasteiger partial charge in [0.2, 0.25) is 5.91 Å². The third-order valence-corrected chi connectivity index (χ3v) is 2.00. The molecule has 4 N–H and O–H groups in total. The molecular formula is C9H8ClN3O3. The second-order valence-corrected chi connectivity index (χ2v) is 3.36. The molecule has 0 saturated heterocycles. The smallest absolute Gasteiger partial charge is 0.294 e. The third-order valence-electron chi connectivity index (χ3n) is 1.78. The van der Waals surface area contributed by atoms with Crippen LogP contribution in [0.4, 0.5) is 11.4 Å². The lowest BCUT2D eigenvalue weighted by atomic mass is 10.1. The molecule has 1 aromatic carbocycles. The van der Waals surface area contributed by atoms with Gasteiger partial charge < -0.3 is 11.5 Å². The van der Waals surface area contributed by atoms with Gasteiger partial charge >= 0.3 is 0 Å². The Labute approximate surface area is 95.6 Å². The van der Waals surface area contributed by atoms with Crippen molar-refractivity contribution in [2.24, 2.45) is 5.73 Å². The number of nitro groups is 1. The average molecular weight is 242 g/mol. The summed E-state index contributed by atoms with van der Waals surface area (Å²) in [5.41, 5.74) is 10.3. The standard InChI is InChI=1S/C9H8ClN3O3/c10-6-3-5(1-2-8(11)14)9(12)7(4-6)13(15)16/h1-4H,12H2,(H2,11,14). The number of nitrogens with two attached hydrogens (primary N) is 2. The quantitative estimate of drug-likeness (QED) is 0.360. The number of hydrogen-bond donors (Lipinski definition) is 2. The van der Waals surface area contributed by atoms with Crippen LogP contribution in [0.25, 0.3) is 6.08 Å². The number of halogens is 1. The zero-order chi connectivity index (χ0) is 12.3. The van der Waals surface area contributed by atoms with Crippen LogP contribution in [-0.4, -0.2) is 10.8 Å². The van der Waals surface area contributed by atoms with Crippen molar-refractivity contribution in [1.29, 1.82) is 0 Å². The summed E-state index contributed by atoms with van der Waals surface area (Å²) in [6.07, 6.45) is 2.32. The molecule has 0 aromatic heterocycles. The van der Waals surface area contributed by atoms with Gasteiger partial charge in [-0.1, -0.05) is 11.6 Å². The van der Waals surface area contributed by atoms with Crippen molar-refractivity contribution < 1.29 is 9.72 Å². The van der Waals surface area contributed by atoms with E-state index in [2.05, 4.69) is 0 Å². The summed E-state index contributed by atoms with van der Waals surface area (Å²) < 4.78 is 0. The van der Waals surface area contributed by atoms with E-state index in [-0.39, 0.29) is 22.0 Å². The Morgan fingerprint density at radius 2 is 2.12 bits per heavy atom. The van der Waals surface area contributed by atoms with Gasteiger partial charge in [0.15, 0.2) is 0 Å². The lowest BCUT2D eigenvalue weighted by Crippen LogP contribution is -2.05. The normalized spacial score (nSPS) is 10.6. The van der Waals surface area contributed by atoms with Gasteiger partial charge in [-0.05, 0) is 12.1 Å². The predicted molar refractivity (Wildman–Crippen MR) is 60.7 cm³/mol. The summed E-state index contributed by atoms with van der Waals surface area (Å²) in [7, 11) is 0. The Bertz CT molecular complexity index is 485. The molecule has 0 aliphatic carbocycles. The zero-order valence-electron chi connectivity index (χ0n) is 8.01. The minimum Gasteiger partial charge on any atom is -0.393 e. The van der Waals surface area contributed by atoms with Crippen LogP contribution in [0.15, 0.2) is 18.2 Å². The molecule has 0 saturated carbocycles. The molecule has 0 bridgehead atoms. The number of carbonyl (C=O) groups excluding carboxylic acids is 1. The minimum atomic E-state index is -0.679. The molecule has 0 aliphatic rings. The monoisotopic (exact) mass is 241 g/mol. The first-order valence-corrected chi connectivity index (χ1v) is 4.50. The van der Waals surface area contributed by atoms with Gasteiger partial charge in [-0.3, -0.25) is 14.9 Å². The summed E-state index contributed by atoms with van der Waals surface area (Å²) in [6, 6.07) is 2.54. The molecule has 1 amide bonds. The van der Waals surface area contributed by atoms with Crippen molar-refractivity contribution in [3.05, 3.63) is 38.9 Å². The van der Waals surface area contributed by atoms with Gasteiger partial charge in [0.25, 0.3) is 5.69 Å². The van der Waals surface area contributed by atoms with Crippen LogP contribution in [0, 0.1) is 10.1 Å². The summed E-state index contributed by atoms with van der Waals surface area (Å²) in [5, 5.41) is 10.8.